The summed E-state index contributed by atoms with van der Waals surface area (Å²) < 4.78 is 7.79. The van der Waals surface area contributed by atoms with Gasteiger partial charge >= 0.3 is 0 Å². The van der Waals surface area contributed by atoms with Crippen molar-refractivity contribution >= 4 is 0 Å². The molecule has 0 N–H and O–H groups in total. The van der Waals surface area contributed by atoms with E-state index in [1.807, 2.05) is 7.11 Å². The number of hydrogen-bond acceptors (Lipinski definition) is 4. The molecule has 3 rings (SSSR count). The molecular weight excluding hydrogens is 228 g/mol. The predicted molar refractivity (Wildman–Crippen MR) is 68.3 cm³/mol. The molecule has 0 radical (unpaired) electrons. The van der Waals surface area contributed by atoms with Gasteiger partial charge in [-0.15, -0.1) is 10.2 Å². The summed E-state index contributed by atoms with van der Waals surface area (Å²) in [5.74, 6) is 2.32. The van der Waals surface area contributed by atoms with Gasteiger partial charge in [-0.1, -0.05) is 0 Å². The van der Waals surface area contributed by atoms with E-state index in [9.17, 15) is 0 Å². The van der Waals surface area contributed by atoms with Gasteiger partial charge in [-0.25, -0.2) is 0 Å². The number of ether oxygens (including phenoxy) is 1. The zero-order valence-electron chi connectivity index (χ0n) is 11.1. The maximum absolute atomic E-state index is 5.47. The van der Waals surface area contributed by atoms with Crippen LogP contribution in [0.3, 0.4) is 0 Å². The van der Waals surface area contributed by atoms with Crippen molar-refractivity contribution in [3.63, 3.8) is 0 Å². The average Bonchev–Trinajstić information content (AvgIpc) is 2.83. The lowest BCUT2D eigenvalue weighted by atomic mass is 10.1. The number of methoxy groups -OCH3 is 1. The second-order valence-corrected chi connectivity index (χ2v) is 5.38. The van der Waals surface area contributed by atoms with Gasteiger partial charge in [0.05, 0.1) is 12.6 Å². The summed E-state index contributed by atoms with van der Waals surface area (Å²) in [4.78, 5) is 2.45. The fourth-order valence-electron chi connectivity index (χ4n) is 3.03. The van der Waals surface area contributed by atoms with E-state index in [1.54, 1.807) is 0 Å². The average molecular weight is 250 g/mol. The lowest BCUT2D eigenvalue weighted by Gasteiger charge is -2.31. The molecule has 1 aromatic heterocycles. The quantitative estimate of drug-likeness (QED) is 0.809. The summed E-state index contributed by atoms with van der Waals surface area (Å²) in [5.41, 5.74) is 0. The van der Waals surface area contributed by atoms with Gasteiger partial charge in [0.1, 0.15) is 11.6 Å². The molecule has 3 heterocycles. The van der Waals surface area contributed by atoms with Crippen molar-refractivity contribution in [2.75, 3.05) is 20.2 Å². The Kier molecular flexibility index (Phi) is 3.61. The number of fused-ring (bicyclic) bond motifs is 1. The highest BCUT2D eigenvalue weighted by Gasteiger charge is 2.22. The third-order valence-electron chi connectivity index (χ3n) is 4.10. The number of rotatable bonds is 3. The molecule has 2 aliphatic heterocycles. The highest BCUT2D eigenvalue weighted by atomic mass is 16.5. The molecule has 1 aromatic rings. The molecule has 0 spiro atoms. The zero-order valence-corrected chi connectivity index (χ0v) is 11.1. The van der Waals surface area contributed by atoms with Gasteiger partial charge in [-0.2, -0.15) is 0 Å². The van der Waals surface area contributed by atoms with Gasteiger partial charge in [0, 0.05) is 26.6 Å². The SMILES string of the molecule is COC1CCCN(Cc2nnc3n2CCCC3)C1. The standard InChI is InChI=1S/C13H22N4O/c1-18-11-5-4-7-16(9-11)10-13-15-14-12-6-2-3-8-17(12)13/h11H,2-10H2,1H3. The lowest BCUT2D eigenvalue weighted by Crippen LogP contribution is -2.39. The number of aromatic nitrogens is 3. The van der Waals surface area contributed by atoms with E-state index in [0.29, 0.717) is 6.10 Å². The van der Waals surface area contributed by atoms with Crippen molar-refractivity contribution in [3.05, 3.63) is 11.6 Å². The van der Waals surface area contributed by atoms with E-state index in [0.717, 1.165) is 38.4 Å². The molecule has 0 saturated carbocycles. The molecule has 1 atom stereocenters. The fraction of sp³-hybridized carbons (Fsp3) is 0.846. The minimum atomic E-state index is 0.391. The van der Waals surface area contributed by atoms with Crippen molar-refractivity contribution in [1.29, 1.82) is 0 Å². The van der Waals surface area contributed by atoms with Crippen molar-refractivity contribution < 1.29 is 4.74 Å². The predicted octanol–water partition coefficient (Wildman–Crippen LogP) is 1.23. The van der Waals surface area contributed by atoms with Crippen molar-refractivity contribution in [2.45, 2.75) is 51.3 Å². The van der Waals surface area contributed by atoms with Crippen molar-refractivity contribution in [2.24, 2.45) is 0 Å². The summed E-state index contributed by atoms with van der Waals surface area (Å²) in [6.45, 7) is 4.20. The first-order chi connectivity index (χ1) is 8.86. The van der Waals surface area contributed by atoms with Gasteiger partial charge in [-0.05, 0) is 32.2 Å². The second-order valence-electron chi connectivity index (χ2n) is 5.38. The topological polar surface area (TPSA) is 43.2 Å². The lowest BCUT2D eigenvalue weighted by molar-refractivity contribution is 0.0272. The number of piperidine rings is 1. The van der Waals surface area contributed by atoms with Crippen molar-refractivity contribution in [3.8, 4) is 0 Å². The zero-order chi connectivity index (χ0) is 12.4. The molecular formula is C13H22N4O. The Balaban J connectivity index is 1.67. The van der Waals surface area contributed by atoms with E-state index in [2.05, 4.69) is 19.7 Å². The van der Waals surface area contributed by atoms with E-state index >= 15 is 0 Å². The van der Waals surface area contributed by atoms with Crippen molar-refractivity contribution in [1.82, 2.24) is 19.7 Å². The fourth-order valence-corrected chi connectivity index (χ4v) is 3.03. The third kappa shape index (κ3) is 2.42. The minimum Gasteiger partial charge on any atom is -0.380 e. The molecule has 100 valence electrons. The third-order valence-corrected chi connectivity index (χ3v) is 4.10. The number of aryl methyl sites for hydroxylation is 1. The maximum atomic E-state index is 5.47. The monoisotopic (exact) mass is 250 g/mol. The van der Waals surface area contributed by atoms with Crippen LogP contribution in [0.15, 0.2) is 0 Å². The molecule has 2 aliphatic rings. The summed E-state index contributed by atoms with van der Waals surface area (Å²) in [5, 5.41) is 8.69. The molecule has 1 saturated heterocycles. The van der Waals surface area contributed by atoms with Gasteiger partial charge in [0.25, 0.3) is 0 Å². The van der Waals surface area contributed by atoms with E-state index in [4.69, 9.17) is 4.74 Å². The van der Waals surface area contributed by atoms with Gasteiger partial charge in [0.15, 0.2) is 0 Å². The molecule has 0 aromatic carbocycles. The van der Waals surface area contributed by atoms with Crippen LogP contribution < -0.4 is 0 Å². The van der Waals surface area contributed by atoms with Crippen LogP contribution in [-0.4, -0.2) is 46.0 Å². The van der Waals surface area contributed by atoms with Gasteiger partial charge in [-0.3, -0.25) is 4.90 Å². The highest BCUT2D eigenvalue weighted by molar-refractivity contribution is 4.99. The Hall–Kier alpha value is -0.940. The van der Waals surface area contributed by atoms with Crippen LogP contribution in [0.4, 0.5) is 0 Å². The first-order valence-electron chi connectivity index (χ1n) is 7.03. The summed E-state index contributed by atoms with van der Waals surface area (Å²) in [6.07, 6.45) is 6.41. The van der Waals surface area contributed by atoms with Crippen LogP contribution >= 0.6 is 0 Å². The molecule has 1 fully saturated rings. The van der Waals surface area contributed by atoms with Crippen LogP contribution in [-0.2, 0) is 24.2 Å². The molecule has 0 aliphatic carbocycles. The maximum Gasteiger partial charge on any atom is 0.147 e. The second kappa shape index (κ2) is 5.36. The minimum absolute atomic E-state index is 0.391. The normalized spacial score (nSPS) is 25.1. The summed E-state index contributed by atoms with van der Waals surface area (Å²) in [7, 11) is 1.81. The van der Waals surface area contributed by atoms with Crippen LogP contribution in [0, 0.1) is 0 Å². The van der Waals surface area contributed by atoms with Gasteiger partial charge < -0.3 is 9.30 Å². The Bertz CT molecular complexity index is 404. The number of likely N-dealkylation sites (tertiary alicyclic amines) is 1. The Morgan fingerprint density at radius 1 is 1.22 bits per heavy atom. The van der Waals surface area contributed by atoms with E-state index in [-0.39, 0.29) is 0 Å². The highest BCUT2D eigenvalue weighted by Crippen LogP contribution is 2.18. The van der Waals surface area contributed by atoms with Crippen LogP contribution in [0.2, 0.25) is 0 Å². The summed E-state index contributed by atoms with van der Waals surface area (Å²) in [6, 6.07) is 0. The molecule has 0 bridgehead atoms. The van der Waals surface area contributed by atoms with Crippen LogP contribution in [0.1, 0.15) is 37.3 Å². The Morgan fingerprint density at radius 2 is 2.17 bits per heavy atom. The molecule has 5 heteroatoms. The van der Waals surface area contributed by atoms with Gasteiger partial charge in [0.2, 0.25) is 0 Å². The molecule has 0 amide bonds. The molecule has 18 heavy (non-hydrogen) atoms. The van der Waals surface area contributed by atoms with E-state index < -0.39 is 0 Å². The first kappa shape index (κ1) is 12.1. The first-order valence-corrected chi connectivity index (χ1v) is 7.03. The summed E-state index contributed by atoms with van der Waals surface area (Å²) >= 11 is 0. The number of nitrogens with zero attached hydrogens (tertiary/aromatic N) is 4. The molecule has 5 nitrogen and oxygen atoms in total. The smallest absolute Gasteiger partial charge is 0.147 e. The van der Waals surface area contributed by atoms with Crippen LogP contribution in [0.5, 0.6) is 0 Å². The molecule has 1 unspecified atom stereocenters. The number of hydrogen-bond donors (Lipinski definition) is 0. The van der Waals surface area contributed by atoms with Crippen LogP contribution in [0.25, 0.3) is 0 Å². The largest absolute Gasteiger partial charge is 0.380 e. The van der Waals surface area contributed by atoms with E-state index in [1.165, 1.54) is 31.5 Å². The Labute approximate surface area is 108 Å². The Morgan fingerprint density at radius 3 is 3.06 bits per heavy atom.